The number of aromatic nitrogens is 1. The van der Waals surface area contributed by atoms with Gasteiger partial charge in [-0.15, -0.1) is 0 Å². The Balaban J connectivity index is 1.81. The largest absolute Gasteiger partial charge is 0.352 e. The molecule has 0 radical (unpaired) electrons. The Bertz CT molecular complexity index is 900. The highest BCUT2D eigenvalue weighted by Gasteiger charge is 2.17. The van der Waals surface area contributed by atoms with Gasteiger partial charge in [0.1, 0.15) is 5.82 Å². The van der Waals surface area contributed by atoms with Crippen LogP contribution in [-0.2, 0) is 6.42 Å². The lowest BCUT2D eigenvalue weighted by atomic mass is 10.1. The first kappa shape index (κ1) is 15.9. The van der Waals surface area contributed by atoms with Crippen molar-refractivity contribution in [3.05, 3.63) is 71.7 Å². The van der Waals surface area contributed by atoms with Gasteiger partial charge in [0.2, 0.25) is 5.91 Å². The number of carbonyl (C=O) groups is 2. The fourth-order valence-corrected chi connectivity index (χ4v) is 2.70. The lowest BCUT2D eigenvalue weighted by Crippen LogP contribution is -2.25. The number of carbonyl (C=O) groups excluding carboxylic acids is 2. The zero-order chi connectivity index (χ0) is 17.1. The Morgan fingerprint density at radius 3 is 2.58 bits per heavy atom. The Morgan fingerprint density at radius 2 is 1.88 bits per heavy atom. The molecule has 1 heterocycles. The third-order valence-corrected chi connectivity index (χ3v) is 3.89. The minimum absolute atomic E-state index is 0.270. The van der Waals surface area contributed by atoms with Crippen molar-refractivity contribution in [1.82, 2.24) is 9.88 Å². The van der Waals surface area contributed by atoms with Crippen LogP contribution in [0.15, 0.2) is 54.7 Å². The smallest absolute Gasteiger partial charge is 0.253 e. The Morgan fingerprint density at radius 1 is 1.12 bits per heavy atom. The second-order valence-corrected chi connectivity index (χ2v) is 5.58. The molecule has 4 nitrogen and oxygen atoms in total. The zero-order valence-corrected chi connectivity index (χ0v) is 13.3. The lowest BCUT2D eigenvalue weighted by Gasteiger charge is -2.04. The first-order chi connectivity index (χ1) is 11.6. The summed E-state index contributed by atoms with van der Waals surface area (Å²) in [6, 6.07) is 13.9. The minimum atomic E-state index is -0.445. The van der Waals surface area contributed by atoms with Crippen molar-refractivity contribution in [2.45, 2.75) is 13.3 Å². The van der Waals surface area contributed by atoms with E-state index < -0.39 is 5.82 Å². The van der Waals surface area contributed by atoms with Gasteiger partial charge in [0.05, 0.1) is 11.1 Å². The van der Waals surface area contributed by atoms with Crippen molar-refractivity contribution in [2.75, 3.05) is 6.54 Å². The molecular weight excluding hydrogens is 307 g/mol. The lowest BCUT2D eigenvalue weighted by molar-refractivity contribution is 0.0941. The van der Waals surface area contributed by atoms with E-state index in [4.69, 9.17) is 0 Å². The van der Waals surface area contributed by atoms with Crippen molar-refractivity contribution in [1.29, 1.82) is 0 Å². The van der Waals surface area contributed by atoms with Gasteiger partial charge >= 0.3 is 0 Å². The number of nitrogens with zero attached hydrogens (tertiary/aromatic N) is 1. The van der Waals surface area contributed by atoms with Crippen LogP contribution in [0.2, 0.25) is 0 Å². The van der Waals surface area contributed by atoms with Gasteiger partial charge in [0.15, 0.2) is 0 Å². The van der Waals surface area contributed by atoms with Crippen LogP contribution in [-0.4, -0.2) is 22.9 Å². The van der Waals surface area contributed by atoms with Gasteiger partial charge in [-0.05, 0) is 30.2 Å². The molecule has 0 spiro atoms. The third kappa shape index (κ3) is 3.20. The SMILES string of the molecule is CC(=O)n1cc(C(=O)NCCc2ccccc2)c2ccc(F)cc21. The summed E-state index contributed by atoms with van der Waals surface area (Å²) in [5.74, 6) is -0.990. The first-order valence-electron chi connectivity index (χ1n) is 7.70. The molecule has 0 aliphatic carbocycles. The minimum Gasteiger partial charge on any atom is -0.352 e. The topological polar surface area (TPSA) is 51.1 Å². The Hall–Kier alpha value is -2.95. The van der Waals surface area contributed by atoms with E-state index in [0.29, 0.717) is 29.4 Å². The van der Waals surface area contributed by atoms with E-state index in [1.807, 2.05) is 30.3 Å². The molecule has 2 aromatic carbocycles. The van der Waals surface area contributed by atoms with Crippen molar-refractivity contribution < 1.29 is 14.0 Å². The van der Waals surface area contributed by atoms with E-state index in [9.17, 15) is 14.0 Å². The first-order valence-corrected chi connectivity index (χ1v) is 7.70. The molecular formula is C19H17FN2O2. The summed E-state index contributed by atoms with van der Waals surface area (Å²) in [5, 5.41) is 3.41. The van der Waals surface area contributed by atoms with Crippen LogP contribution < -0.4 is 5.32 Å². The fourth-order valence-electron chi connectivity index (χ4n) is 2.70. The van der Waals surface area contributed by atoms with Gasteiger partial charge in [-0.3, -0.25) is 14.2 Å². The van der Waals surface area contributed by atoms with Crippen LogP contribution in [0.3, 0.4) is 0 Å². The molecule has 0 fully saturated rings. The van der Waals surface area contributed by atoms with Crippen LogP contribution in [0.5, 0.6) is 0 Å². The van der Waals surface area contributed by atoms with E-state index in [0.717, 1.165) is 5.56 Å². The van der Waals surface area contributed by atoms with Crippen molar-refractivity contribution in [3.63, 3.8) is 0 Å². The van der Waals surface area contributed by atoms with Crippen LogP contribution in [0.1, 0.15) is 27.6 Å². The molecule has 0 saturated carbocycles. The quantitative estimate of drug-likeness (QED) is 0.799. The molecule has 122 valence electrons. The van der Waals surface area contributed by atoms with Gasteiger partial charge in [-0.2, -0.15) is 0 Å². The van der Waals surface area contributed by atoms with E-state index in [2.05, 4.69) is 5.32 Å². The van der Waals surface area contributed by atoms with E-state index >= 15 is 0 Å². The number of halogens is 1. The molecule has 3 rings (SSSR count). The van der Waals surface area contributed by atoms with Gasteiger partial charge in [-0.1, -0.05) is 30.3 Å². The zero-order valence-electron chi connectivity index (χ0n) is 13.3. The molecule has 0 saturated heterocycles. The van der Waals surface area contributed by atoms with Crippen LogP contribution >= 0.6 is 0 Å². The highest BCUT2D eigenvalue weighted by Crippen LogP contribution is 2.22. The number of nitrogens with one attached hydrogen (secondary N) is 1. The van der Waals surface area contributed by atoms with Crippen LogP contribution in [0.25, 0.3) is 10.9 Å². The molecule has 3 aromatic rings. The van der Waals surface area contributed by atoms with E-state index in [1.165, 1.54) is 35.9 Å². The number of amides is 1. The normalized spacial score (nSPS) is 10.8. The van der Waals surface area contributed by atoms with Crippen LogP contribution in [0, 0.1) is 5.82 Å². The summed E-state index contributed by atoms with van der Waals surface area (Å²) < 4.78 is 14.8. The van der Waals surface area contributed by atoms with Gasteiger partial charge in [0.25, 0.3) is 5.91 Å². The predicted octanol–water partition coefficient (Wildman–Crippen LogP) is 3.41. The Kier molecular flexibility index (Phi) is 4.42. The second-order valence-electron chi connectivity index (χ2n) is 5.58. The summed E-state index contributed by atoms with van der Waals surface area (Å²) in [7, 11) is 0. The number of benzene rings is 2. The third-order valence-electron chi connectivity index (χ3n) is 3.89. The monoisotopic (exact) mass is 324 g/mol. The Labute approximate surface area is 138 Å². The highest BCUT2D eigenvalue weighted by atomic mass is 19.1. The summed E-state index contributed by atoms with van der Waals surface area (Å²) >= 11 is 0. The standard InChI is InChI=1S/C19H17FN2O2/c1-13(23)22-12-17(16-8-7-15(20)11-18(16)22)19(24)21-10-9-14-5-3-2-4-6-14/h2-8,11-12H,9-10H2,1H3,(H,21,24). The number of rotatable bonds is 4. The van der Waals surface area contributed by atoms with E-state index in [-0.39, 0.29) is 11.8 Å². The summed E-state index contributed by atoms with van der Waals surface area (Å²) in [6.45, 7) is 1.86. The number of hydrogen-bond donors (Lipinski definition) is 1. The summed E-state index contributed by atoms with van der Waals surface area (Å²) in [6.07, 6.45) is 2.18. The number of hydrogen-bond acceptors (Lipinski definition) is 2. The van der Waals surface area contributed by atoms with Crippen molar-refractivity contribution in [3.8, 4) is 0 Å². The highest BCUT2D eigenvalue weighted by molar-refractivity contribution is 6.09. The average Bonchev–Trinajstić information content (AvgIpc) is 2.94. The molecule has 1 N–H and O–H groups in total. The second kappa shape index (κ2) is 6.66. The van der Waals surface area contributed by atoms with Crippen molar-refractivity contribution in [2.24, 2.45) is 0 Å². The molecule has 0 atom stereocenters. The molecule has 0 aliphatic heterocycles. The van der Waals surface area contributed by atoms with Crippen LogP contribution in [0.4, 0.5) is 4.39 Å². The molecule has 1 aromatic heterocycles. The van der Waals surface area contributed by atoms with E-state index in [1.54, 1.807) is 0 Å². The average molecular weight is 324 g/mol. The van der Waals surface area contributed by atoms with Gasteiger partial charge < -0.3 is 5.32 Å². The predicted molar refractivity (Wildman–Crippen MR) is 90.7 cm³/mol. The molecule has 0 aliphatic rings. The molecule has 1 amide bonds. The van der Waals surface area contributed by atoms with Gasteiger partial charge in [-0.25, -0.2) is 4.39 Å². The maximum absolute atomic E-state index is 13.5. The molecule has 24 heavy (non-hydrogen) atoms. The fraction of sp³-hybridized carbons (Fsp3) is 0.158. The summed E-state index contributed by atoms with van der Waals surface area (Å²) in [5.41, 5.74) is 1.90. The molecule has 0 bridgehead atoms. The van der Waals surface area contributed by atoms with Crippen molar-refractivity contribution >= 4 is 22.7 Å². The maximum Gasteiger partial charge on any atom is 0.253 e. The molecule has 5 heteroatoms. The van der Waals surface area contributed by atoms with Gasteiger partial charge in [0, 0.05) is 25.1 Å². The summed E-state index contributed by atoms with van der Waals surface area (Å²) in [4.78, 5) is 24.2. The molecule has 0 unspecified atom stereocenters. The maximum atomic E-state index is 13.5. The number of fused-ring (bicyclic) bond motifs is 1.